The summed E-state index contributed by atoms with van der Waals surface area (Å²) in [5.41, 5.74) is 5.80. The van der Waals surface area contributed by atoms with Gasteiger partial charge in [-0.05, 0) is 46.2 Å². The summed E-state index contributed by atoms with van der Waals surface area (Å²) in [6, 6.07) is 31.3. The van der Waals surface area contributed by atoms with Crippen LogP contribution in [0.15, 0.2) is 109 Å². The van der Waals surface area contributed by atoms with Crippen molar-refractivity contribution in [1.82, 2.24) is 15.6 Å². The summed E-state index contributed by atoms with van der Waals surface area (Å²) in [5, 5.41) is 11.1. The largest absolute Gasteiger partial charge is 0.354 e. The number of unbranched alkanes of at least 4 members (excludes halogenated alkanes) is 2. The van der Waals surface area contributed by atoms with Crippen LogP contribution in [-0.2, 0) is 10.2 Å². The Hall–Kier alpha value is -5.08. The van der Waals surface area contributed by atoms with Crippen LogP contribution in [0.1, 0.15) is 84.8 Å². The van der Waals surface area contributed by atoms with E-state index in [1.165, 1.54) is 16.9 Å². The van der Waals surface area contributed by atoms with Crippen LogP contribution in [0.4, 0.5) is 5.13 Å². The summed E-state index contributed by atoms with van der Waals surface area (Å²) in [7, 11) is 0. The highest BCUT2D eigenvalue weighted by atomic mass is 32.1. The predicted molar refractivity (Wildman–Crippen MR) is 195 cm³/mol. The zero-order chi connectivity index (χ0) is 34.1. The fraction of sp³-hybridized carbons (Fsp3) is 0.250. The number of carbonyl (C=O) groups excluding carboxylic acids is 3. The molecule has 0 fully saturated rings. The van der Waals surface area contributed by atoms with Gasteiger partial charge >= 0.3 is 0 Å². The first-order chi connectivity index (χ1) is 23.2. The van der Waals surface area contributed by atoms with Gasteiger partial charge in [0.25, 0.3) is 11.8 Å². The lowest BCUT2D eigenvalue weighted by Gasteiger charge is -2.20. The van der Waals surface area contributed by atoms with E-state index < -0.39 is 11.9 Å². The molecule has 0 bridgehead atoms. The molecule has 7 nitrogen and oxygen atoms in total. The van der Waals surface area contributed by atoms with Gasteiger partial charge in [-0.3, -0.25) is 19.7 Å². The smallest absolute Gasteiger partial charge is 0.258 e. The first-order valence-corrected chi connectivity index (χ1v) is 17.2. The Bertz CT molecular complexity index is 1860. The molecule has 3 N–H and O–H groups in total. The molecule has 0 aliphatic rings. The molecule has 1 heterocycles. The molecule has 3 amide bonds. The Kier molecular flexibility index (Phi) is 11.2. The molecule has 0 aliphatic heterocycles. The van der Waals surface area contributed by atoms with Gasteiger partial charge in [0.15, 0.2) is 5.13 Å². The Morgan fingerprint density at radius 1 is 0.750 bits per heavy atom. The summed E-state index contributed by atoms with van der Waals surface area (Å²) in [5.74, 6) is -0.923. The number of hydrogen-bond acceptors (Lipinski definition) is 5. The Labute approximate surface area is 286 Å². The third kappa shape index (κ3) is 8.44. The SMILES string of the molecule is CCCCCNC(=O)[C@@H](NC(=O)c1ccccc1-c1csc(NC(=O)c2ccccc2-c2ccc(C(C)(C)C)cc2)n1)c1ccccc1. The molecule has 48 heavy (non-hydrogen) atoms. The second kappa shape index (κ2) is 15.7. The van der Waals surface area contributed by atoms with Crippen molar-refractivity contribution < 1.29 is 14.4 Å². The number of hydrogen-bond donors (Lipinski definition) is 3. The number of aromatic nitrogens is 1. The average Bonchev–Trinajstić information content (AvgIpc) is 3.57. The molecular weight excluding hydrogens is 617 g/mol. The van der Waals surface area contributed by atoms with Gasteiger partial charge in [0, 0.05) is 28.6 Å². The lowest BCUT2D eigenvalue weighted by atomic mass is 9.86. The van der Waals surface area contributed by atoms with Gasteiger partial charge in [-0.1, -0.05) is 132 Å². The molecule has 1 atom stereocenters. The van der Waals surface area contributed by atoms with Crippen LogP contribution in [0.3, 0.4) is 0 Å². The van der Waals surface area contributed by atoms with Gasteiger partial charge in [0.05, 0.1) is 5.69 Å². The fourth-order valence-corrected chi connectivity index (χ4v) is 6.16. The molecule has 4 aromatic carbocycles. The second-order valence-corrected chi connectivity index (χ2v) is 13.6. The van der Waals surface area contributed by atoms with Crippen molar-refractivity contribution in [2.24, 2.45) is 0 Å². The Morgan fingerprint density at radius 2 is 1.38 bits per heavy atom. The van der Waals surface area contributed by atoms with Crippen molar-refractivity contribution >= 4 is 34.2 Å². The lowest BCUT2D eigenvalue weighted by Crippen LogP contribution is -2.40. The highest BCUT2D eigenvalue weighted by Gasteiger charge is 2.25. The fourth-order valence-electron chi connectivity index (χ4n) is 5.45. The molecule has 0 saturated heterocycles. The summed E-state index contributed by atoms with van der Waals surface area (Å²) in [6.45, 7) is 9.18. The lowest BCUT2D eigenvalue weighted by molar-refractivity contribution is -0.123. The molecule has 0 aliphatic carbocycles. The van der Waals surface area contributed by atoms with Gasteiger partial charge in [-0.2, -0.15) is 0 Å². The Balaban J connectivity index is 1.34. The van der Waals surface area contributed by atoms with Crippen molar-refractivity contribution in [3.8, 4) is 22.4 Å². The molecule has 0 saturated carbocycles. The minimum Gasteiger partial charge on any atom is -0.354 e. The maximum absolute atomic E-state index is 13.7. The third-order valence-corrected chi connectivity index (χ3v) is 8.91. The van der Waals surface area contributed by atoms with E-state index in [1.54, 1.807) is 18.2 Å². The predicted octanol–water partition coefficient (Wildman–Crippen LogP) is 8.80. The van der Waals surface area contributed by atoms with Crippen molar-refractivity contribution in [3.63, 3.8) is 0 Å². The first kappa shape index (κ1) is 34.3. The standard InChI is InChI=1S/C40H42N4O3S/c1-5-6-14-25-41-38(47)35(28-15-8-7-9-16-28)43-36(45)33-20-13-11-18-31(33)34-26-48-39(42-34)44-37(46)32-19-12-10-17-30(32)27-21-23-29(24-22-27)40(2,3)4/h7-13,15-24,26,35H,5-6,14,25H2,1-4H3,(H,41,47)(H,43,45)(H,42,44,46)/t35-/m0/s1. The average molecular weight is 659 g/mol. The van der Waals surface area contributed by atoms with Gasteiger partial charge in [-0.25, -0.2) is 4.98 Å². The van der Waals surface area contributed by atoms with E-state index in [1.807, 2.05) is 66.0 Å². The molecule has 8 heteroatoms. The van der Waals surface area contributed by atoms with E-state index in [2.05, 4.69) is 72.9 Å². The highest BCUT2D eigenvalue weighted by Crippen LogP contribution is 2.31. The maximum Gasteiger partial charge on any atom is 0.258 e. The molecule has 0 spiro atoms. The molecular formula is C40H42N4O3S. The number of carbonyl (C=O) groups is 3. The summed E-state index contributed by atoms with van der Waals surface area (Å²) < 4.78 is 0. The van der Waals surface area contributed by atoms with Crippen molar-refractivity contribution in [2.75, 3.05) is 11.9 Å². The minimum atomic E-state index is -0.858. The number of thiazole rings is 1. The number of nitrogens with one attached hydrogen (secondary N) is 3. The second-order valence-electron chi connectivity index (χ2n) is 12.7. The van der Waals surface area contributed by atoms with Crippen LogP contribution in [-0.4, -0.2) is 29.3 Å². The van der Waals surface area contributed by atoms with Crippen LogP contribution in [0, 0.1) is 0 Å². The maximum atomic E-state index is 13.7. The third-order valence-electron chi connectivity index (χ3n) is 8.16. The highest BCUT2D eigenvalue weighted by molar-refractivity contribution is 7.14. The minimum absolute atomic E-state index is 0.0311. The number of amides is 3. The molecule has 5 aromatic rings. The van der Waals surface area contributed by atoms with Crippen molar-refractivity contribution in [2.45, 2.75) is 58.4 Å². The van der Waals surface area contributed by atoms with E-state index in [4.69, 9.17) is 0 Å². The van der Waals surface area contributed by atoms with Crippen LogP contribution < -0.4 is 16.0 Å². The molecule has 5 rings (SSSR count). The zero-order valence-electron chi connectivity index (χ0n) is 27.9. The van der Waals surface area contributed by atoms with Crippen LogP contribution in [0.25, 0.3) is 22.4 Å². The molecule has 0 unspecified atom stereocenters. The van der Waals surface area contributed by atoms with Crippen LogP contribution in [0.5, 0.6) is 0 Å². The van der Waals surface area contributed by atoms with Crippen LogP contribution in [0.2, 0.25) is 0 Å². The Morgan fingerprint density at radius 3 is 2.04 bits per heavy atom. The topological polar surface area (TPSA) is 100 Å². The first-order valence-electron chi connectivity index (χ1n) is 16.4. The molecule has 0 radical (unpaired) electrons. The van der Waals surface area contributed by atoms with E-state index in [9.17, 15) is 14.4 Å². The summed E-state index contributed by atoms with van der Waals surface area (Å²) in [4.78, 5) is 45.2. The van der Waals surface area contributed by atoms with E-state index in [0.717, 1.165) is 30.4 Å². The number of anilines is 1. The molecule has 1 aromatic heterocycles. The van der Waals surface area contributed by atoms with Gasteiger partial charge in [0.2, 0.25) is 5.91 Å². The van der Waals surface area contributed by atoms with Gasteiger partial charge in [0.1, 0.15) is 6.04 Å². The zero-order valence-corrected chi connectivity index (χ0v) is 28.7. The normalized spacial score (nSPS) is 11.8. The molecule has 246 valence electrons. The van der Waals surface area contributed by atoms with E-state index >= 15 is 0 Å². The van der Waals surface area contributed by atoms with E-state index in [0.29, 0.717) is 39.6 Å². The number of nitrogens with zero attached hydrogens (tertiary/aromatic N) is 1. The number of benzene rings is 4. The van der Waals surface area contributed by atoms with Crippen LogP contribution >= 0.6 is 11.3 Å². The summed E-state index contributed by atoms with van der Waals surface area (Å²) in [6.07, 6.45) is 2.94. The summed E-state index contributed by atoms with van der Waals surface area (Å²) >= 11 is 1.28. The number of rotatable bonds is 12. The van der Waals surface area contributed by atoms with Gasteiger partial charge in [-0.15, -0.1) is 11.3 Å². The van der Waals surface area contributed by atoms with E-state index in [-0.39, 0.29) is 17.2 Å². The quantitative estimate of drug-likeness (QED) is 0.117. The van der Waals surface area contributed by atoms with Crippen molar-refractivity contribution in [1.29, 1.82) is 0 Å². The van der Waals surface area contributed by atoms with Crippen molar-refractivity contribution in [3.05, 3.63) is 131 Å². The monoisotopic (exact) mass is 658 g/mol. The van der Waals surface area contributed by atoms with Gasteiger partial charge < -0.3 is 10.6 Å².